The SMILES string of the molecule is CCOc1ccc(CN(C)C(=O)C=Cc2cccc([N+](=O)[O-])c2)cc1. The smallest absolute Gasteiger partial charge is 0.270 e. The third-order valence-electron chi connectivity index (χ3n) is 3.53. The monoisotopic (exact) mass is 340 g/mol. The van der Waals surface area contributed by atoms with Gasteiger partial charge in [0.1, 0.15) is 5.75 Å². The van der Waals surface area contributed by atoms with E-state index in [9.17, 15) is 14.9 Å². The van der Waals surface area contributed by atoms with Crippen molar-refractivity contribution in [3.05, 3.63) is 75.8 Å². The summed E-state index contributed by atoms with van der Waals surface area (Å²) in [4.78, 5) is 24.1. The van der Waals surface area contributed by atoms with Crippen LogP contribution < -0.4 is 4.74 Å². The summed E-state index contributed by atoms with van der Waals surface area (Å²) in [5.74, 6) is 0.617. The molecule has 0 spiro atoms. The number of hydrogen-bond acceptors (Lipinski definition) is 4. The van der Waals surface area contributed by atoms with Gasteiger partial charge in [-0.15, -0.1) is 0 Å². The Morgan fingerprint density at radius 2 is 1.96 bits per heavy atom. The molecule has 0 fully saturated rings. The molecule has 1 amide bonds. The maximum atomic E-state index is 12.2. The minimum absolute atomic E-state index is 0.00246. The van der Waals surface area contributed by atoms with Crippen LogP contribution in [0.1, 0.15) is 18.1 Å². The van der Waals surface area contributed by atoms with Gasteiger partial charge in [0.15, 0.2) is 0 Å². The van der Waals surface area contributed by atoms with E-state index in [1.165, 1.54) is 18.2 Å². The van der Waals surface area contributed by atoms with E-state index in [0.29, 0.717) is 18.7 Å². The van der Waals surface area contributed by atoms with Gasteiger partial charge >= 0.3 is 0 Å². The Kier molecular flexibility index (Phi) is 6.28. The van der Waals surface area contributed by atoms with Crippen LogP contribution in [0.2, 0.25) is 0 Å². The van der Waals surface area contributed by atoms with Gasteiger partial charge in [0.2, 0.25) is 5.91 Å². The van der Waals surface area contributed by atoms with Crippen LogP contribution in [0.5, 0.6) is 5.75 Å². The molecule has 0 heterocycles. The predicted molar refractivity (Wildman–Crippen MR) is 96.2 cm³/mol. The van der Waals surface area contributed by atoms with Gasteiger partial charge in [0.05, 0.1) is 11.5 Å². The van der Waals surface area contributed by atoms with Crippen molar-refractivity contribution in [3.8, 4) is 5.75 Å². The van der Waals surface area contributed by atoms with Crippen LogP contribution in [-0.4, -0.2) is 29.4 Å². The predicted octanol–water partition coefficient (Wildman–Crippen LogP) is 3.67. The zero-order valence-electron chi connectivity index (χ0n) is 14.2. The Morgan fingerprint density at radius 3 is 2.60 bits per heavy atom. The second kappa shape index (κ2) is 8.63. The van der Waals surface area contributed by atoms with Gasteiger partial charge in [-0.05, 0) is 36.3 Å². The number of nitro groups is 1. The molecule has 25 heavy (non-hydrogen) atoms. The topological polar surface area (TPSA) is 72.7 Å². The van der Waals surface area contributed by atoms with E-state index in [2.05, 4.69) is 0 Å². The first kappa shape index (κ1) is 18.2. The Balaban J connectivity index is 1.97. The summed E-state index contributed by atoms with van der Waals surface area (Å²) in [7, 11) is 1.70. The minimum atomic E-state index is -0.461. The standard InChI is InChI=1S/C19H20N2O4/c1-3-25-18-10-7-16(8-11-18)14-20(2)19(22)12-9-15-5-4-6-17(13-15)21(23)24/h4-13H,3,14H2,1-2H3. The molecule has 6 heteroatoms. The van der Waals surface area contributed by atoms with E-state index >= 15 is 0 Å². The first-order valence-corrected chi connectivity index (χ1v) is 7.89. The largest absolute Gasteiger partial charge is 0.494 e. The highest BCUT2D eigenvalue weighted by Crippen LogP contribution is 2.15. The van der Waals surface area contributed by atoms with Crippen molar-refractivity contribution in [3.63, 3.8) is 0 Å². The number of benzene rings is 2. The minimum Gasteiger partial charge on any atom is -0.494 e. The Labute approximate surface area is 146 Å². The van der Waals surface area contributed by atoms with Gasteiger partial charge in [0, 0.05) is 31.8 Å². The van der Waals surface area contributed by atoms with E-state index in [1.807, 2.05) is 31.2 Å². The van der Waals surface area contributed by atoms with E-state index < -0.39 is 4.92 Å². The average Bonchev–Trinajstić information content (AvgIpc) is 2.61. The molecule has 0 aliphatic rings. The molecule has 6 nitrogen and oxygen atoms in total. The zero-order valence-corrected chi connectivity index (χ0v) is 14.2. The van der Waals surface area contributed by atoms with Crippen molar-refractivity contribution in [2.75, 3.05) is 13.7 Å². The highest BCUT2D eigenvalue weighted by atomic mass is 16.6. The average molecular weight is 340 g/mol. The van der Waals surface area contributed by atoms with Crippen molar-refractivity contribution >= 4 is 17.7 Å². The number of nitro benzene ring substituents is 1. The van der Waals surface area contributed by atoms with Gasteiger partial charge in [-0.1, -0.05) is 24.3 Å². The number of non-ortho nitro benzene ring substituents is 1. The number of nitrogens with zero attached hydrogens (tertiary/aromatic N) is 2. The number of carbonyl (C=O) groups excluding carboxylic acids is 1. The number of rotatable bonds is 7. The molecule has 130 valence electrons. The quantitative estimate of drug-likeness (QED) is 0.438. The number of carbonyl (C=O) groups is 1. The number of ether oxygens (including phenoxy) is 1. The summed E-state index contributed by atoms with van der Waals surface area (Å²) >= 11 is 0. The van der Waals surface area contributed by atoms with Gasteiger partial charge in [-0.2, -0.15) is 0 Å². The molecule has 0 saturated heterocycles. The van der Waals surface area contributed by atoms with Crippen LogP contribution in [0.15, 0.2) is 54.6 Å². The van der Waals surface area contributed by atoms with E-state index in [4.69, 9.17) is 4.74 Å². The van der Waals surface area contributed by atoms with Crippen LogP contribution in [0.3, 0.4) is 0 Å². The van der Waals surface area contributed by atoms with Crippen molar-refractivity contribution in [1.82, 2.24) is 4.90 Å². The molecule has 2 aromatic rings. The van der Waals surface area contributed by atoms with Crippen LogP contribution in [0.4, 0.5) is 5.69 Å². The molecule has 2 rings (SSSR count). The normalized spacial score (nSPS) is 10.6. The van der Waals surface area contributed by atoms with Crippen molar-refractivity contribution in [2.24, 2.45) is 0 Å². The van der Waals surface area contributed by atoms with Crippen LogP contribution in [0.25, 0.3) is 6.08 Å². The number of likely N-dealkylation sites (N-methyl/N-ethyl adjacent to an activating group) is 1. The molecule has 0 unspecified atom stereocenters. The molecule has 0 saturated carbocycles. The lowest BCUT2D eigenvalue weighted by Gasteiger charge is -2.15. The third-order valence-corrected chi connectivity index (χ3v) is 3.53. The lowest BCUT2D eigenvalue weighted by molar-refractivity contribution is -0.384. The Morgan fingerprint density at radius 1 is 1.24 bits per heavy atom. The lowest BCUT2D eigenvalue weighted by atomic mass is 10.2. The highest BCUT2D eigenvalue weighted by molar-refractivity contribution is 5.91. The van der Waals surface area contributed by atoms with Crippen LogP contribution in [-0.2, 0) is 11.3 Å². The fourth-order valence-electron chi connectivity index (χ4n) is 2.25. The van der Waals surface area contributed by atoms with Crippen molar-refractivity contribution < 1.29 is 14.5 Å². The summed E-state index contributed by atoms with van der Waals surface area (Å²) < 4.78 is 5.39. The lowest BCUT2D eigenvalue weighted by Crippen LogP contribution is -2.24. The Hall–Kier alpha value is -3.15. The maximum absolute atomic E-state index is 12.2. The van der Waals surface area contributed by atoms with Gasteiger partial charge in [0.25, 0.3) is 5.69 Å². The summed E-state index contributed by atoms with van der Waals surface area (Å²) in [5.41, 5.74) is 1.59. The molecule has 0 bridgehead atoms. The molecule has 2 aromatic carbocycles. The van der Waals surface area contributed by atoms with E-state index in [0.717, 1.165) is 11.3 Å². The molecule has 0 radical (unpaired) electrons. The number of amides is 1. The van der Waals surface area contributed by atoms with Crippen LogP contribution >= 0.6 is 0 Å². The third kappa shape index (κ3) is 5.46. The molecule has 0 aromatic heterocycles. The molecular formula is C19H20N2O4. The second-order valence-electron chi connectivity index (χ2n) is 5.46. The summed E-state index contributed by atoms with van der Waals surface area (Å²) in [5, 5.41) is 10.8. The van der Waals surface area contributed by atoms with Gasteiger partial charge < -0.3 is 9.64 Å². The van der Waals surface area contributed by atoms with Crippen molar-refractivity contribution in [2.45, 2.75) is 13.5 Å². The summed E-state index contributed by atoms with van der Waals surface area (Å²) in [6.07, 6.45) is 2.98. The van der Waals surface area contributed by atoms with Gasteiger partial charge in [-0.3, -0.25) is 14.9 Å². The first-order chi connectivity index (χ1) is 12.0. The number of hydrogen-bond donors (Lipinski definition) is 0. The molecule has 0 aliphatic carbocycles. The highest BCUT2D eigenvalue weighted by Gasteiger charge is 2.07. The van der Waals surface area contributed by atoms with Crippen molar-refractivity contribution in [1.29, 1.82) is 0 Å². The van der Waals surface area contributed by atoms with E-state index in [-0.39, 0.29) is 11.6 Å². The fraction of sp³-hybridized carbons (Fsp3) is 0.211. The maximum Gasteiger partial charge on any atom is 0.270 e. The van der Waals surface area contributed by atoms with Gasteiger partial charge in [-0.25, -0.2) is 0 Å². The summed E-state index contributed by atoms with van der Waals surface area (Å²) in [6.45, 7) is 3.00. The van der Waals surface area contributed by atoms with E-state index in [1.54, 1.807) is 30.2 Å². The Bertz CT molecular complexity index is 769. The zero-order chi connectivity index (χ0) is 18.2. The summed E-state index contributed by atoms with van der Waals surface area (Å²) in [6, 6.07) is 13.7. The molecular weight excluding hydrogens is 320 g/mol. The fourth-order valence-corrected chi connectivity index (χ4v) is 2.25. The molecule has 0 N–H and O–H groups in total. The second-order valence-corrected chi connectivity index (χ2v) is 5.46. The van der Waals surface area contributed by atoms with Crippen LogP contribution in [0, 0.1) is 10.1 Å². The first-order valence-electron chi connectivity index (χ1n) is 7.89. The molecule has 0 aliphatic heterocycles. The molecule has 0 atom stereocenters.